The van der Waals surface area contributed by atoms with E-state index in [9.17, 15) is 0 Å². The number of fused-ring (bicyclic) bond motifs is 1. The molecule has 1 aliphatic carbocycles. The van der Waals surface area contributed by atoms with Crippen LogP contribution in [0.25, 0.3) is 0 Å². The van der Waals surface area contributed by atoms with Crippen molar-refractivity contribution in [3.8, 4) is 0 Å². The van der Waals surface area contributed by atoms with Crippen LogP contribution in [0.4, 0.5) is 0 Å². The summed E-state index contributed by atoms with van der Waals surface area (Å²) in [4.78, 5) is 0. The van der Waals surface area contributed by atoms with Gasteiger partial charge in [-0.1, -0.05) is 106 Å². The normalized spacial score (nSPS) is 24.6. The number of benzene rings is 2. The number of hydrogen-bond donors (Lipinski definition) is 0. The quantitative estimate of drug-likeness (QED) is 0.236. The van der Waals surface area contributed by atoms with Gasteiger partial charge in [-0.25, -0.2) is 9.34 Å². The van der Waals surface area contributed by atoms with Crippen LogP contribution in [-0.2, 0) is 4.52 Å². The van der Waals surface area contributed by atoms with Gasteiger partial charge in [-0.15, -0.1) is 0 Å². The molecule has 0 N–H and O–H groups in total. The number of nitrogens with zero attached hydrogens (tertiary/aromatic N) is 2. The average Bonchev–Trinajstić information content (AvgIpc) is 3.20. The van der Waals surface area contributed by atoms with Gasteiger partial charge in [0.2, 0.25) is 0 Å². The Labute approximate surface area is 209 Å². The minimum absolute atomic E-state index is 0.291. The van der Waals surface area contributed by atoms with Crippen molar-refractivity contribution in [2.24, 2.45) is 0 Å². The second-order valence-corrected chi connectivity index (χ2v) is 12.0. The molecule has 2 aromatic rings. The van der Waals surface area contributed by atoms with Crippen LogP contribution >= 0.6 is 8.45 Å². The smallest absolute Gasteiger partial charge is 0.190 e. The lowest BCUT2D eigenvalue weighted by Gasteiger charge is -2.38. The van der Waals surface area contributed by atoms with E-state index in [-0.39, 0.29) is 0 Å². The van der Waals surface area contributed by atoms with Crippen LogP contribution in [0.3, 0.4) is 0 Å². The Morgan fingerprint density at radius 1 is 0.765 bits per heavy atom. The van der Waals surface area contributed by atoms with Crippen molar-refractivity contribution in [3.63, 3.8) is 0 Å². The molecule has 2 fully saturated rings. The van der Waals surface area contributed by atoms with Crippen LogP contribution < -0.4 is 0 Å². The Morgan fingerprint density at radius 2 is 1.26 bits per heavy atom. The highest BCUT2D eigenvalue weighted by Crippen LogP contribution is 2.64. The van der Waals surface area contributed by atoms with E-state index in [1.807, 2.05) is 0 Å². The molecule has 2 aliphatic rings. The lowest BCUT2D eigenvalue weighted by atomic mass is 9.88. The zero-order chi connectivity index (χ0) is 23.9. The first-order valence-electron chi connectivity index (χ1n) is 13.7. The molecule has 0 radical (unpaired) electrons. The van der Waals surface area contributed by atoms with Gasteiger partial charge in [0.25, 0.3) is 0 Å². The second kappa shape index (κ2) is 12.6. The molecule has 1 heterocycles. The third-order valence-corrected chi connectivity index (χ3v) is 10.5. The third kappa shape index (κ3) is 5.93. The molecule has 0 bridgehead atoms. The third-order valence-electron chi connectivity index (χ3n) is 7.86. The first kappa shape index (κ1) is 25.8. The largest absolute Gasteiger partial charge is 0.328 e. The van der Waals surface area contributed by atoms with E-state index in [0.717, 1.165) is 6.42 Å². The molecule has 4 heteroatoms. The number of unbranched alkanes of at least 4 members (excludes halogenated alkanes) is 3. The molecule has 1 unspecified atom stereocenters. The Hall–Kier alpha value is -1.25. The van der Waals surface area contributed by atoms with Crippen molar-refractivity contribution < 1.29 is 4.52 Å². The maximum absolute atomic E-state index is 7.11. The molecule has 1 saturated carbocycles. The number of rotatable bonds is 11. The Kier molecular flexibility index (Phi) is 9.60. The molecule has 186 valence electrons. The second-order valence-electron chi connectivity index (χ2n) is 10.4. The Bertz CT molecular complexity index is 786. The molecule has 1 saturated heterocycles. The summed E-state index contributed by atoms with van der Waals surface area (Å²) in [5, 5.41) is 0. The van der Waals surface area contributed by atoms with Gasteiger partial charge in [0.1, 0.15) is 0 Å². The van der Waals surface area contributed by atoms with Crippen molar-refractivity contribution in [3.05, 3.63) is 71.8 Å². The standard InChI is InChI=1S/C30H45N2OP/c1-5-6-7-10-17-24(2)33-34-31(25(3)27-18-11-8-12-19-27)29-22-15-16-23-30(29)32(34)26(4)28-20-13-9-14-21-28/h8-9,11-14,18-21,24-26,29-30H,5-7,10,15-17,22-23H2,1-4H3/t24?,25-,26-,29+,30+/m0/s1. The van der Waals surface area contributed by atoms with E-state index >= 15 is 0 Å². The highest BCUT2D eigenvalue weighted by molar-refractivity contribution is 7.47. The molecular formula is C30H45N2OP. The van der Waals surface area contributed by atoms with E-state index in [1.165, 1.54) is 62.5 Å². The fourth-order valence-electron chi connectivity index (χ4n) is 5.90. The van der Waals surface area contributed by atoms with Crippen LogP contribution in [0, 0.1) is 0 Å². The summed E-state index contributed by atoms with van der Waals surface area (Å²) in [5.41, 5.74) is 2.82. The first-order chi connectivity index (χ1) is 16.6. The Morgan fingerprint density at radius 3 is 1.74 bits per heavy atom. The van der Waals surface area contributed by atoms with E-state index in [0.29, 0.717) is 30.3 Å². The topological polar surface area (TPSA) is 15.7 Å². The summed E-state index contributed by atoms with van der Waals surface area (Å²) < 4.78 is 12.7. The molecule has 0 amide bonds. The SMILES string of the molecule is CCCCCCC(C)OP1N([C@@H](C)c2ccccc2)[C@@H]2CCCC[C@H]2N1[C@@H](C)c1ccccc1. The van der Waals surface area contributed by atoms with Crippen LogP contribution in [0.5, 0.6) is 0 Å². The van der Waals surface area contributed by atoms with E-state index in [1.54, 1.807) is 0 Å². The van der Waals surface area contributed by atoms with E-state index in [4.69, 9.17) is 4.52 Å². The molecule has 34 heavy (non-hydrogen) atoms. The maximum atomic E-state index is 7.11. The van der Waals surface area contributed by atoms with Crippen LogP contribution in [0.2, 0.25) is 0 Å². The maximum Gasteiger partial charge on any atom is 0.190 e. The lowest BCUT2D eigenvalue weighted by molar-refractivity contribution is 0.166. The van der Waals surface area contributed by atoms with Crippen LogP contribution in [-0.4, -0.2) is 27.5 Å². The van der Waals surface area contributed by atoms with Gasteiger partial charge >= 0.3 is 0 Å². The summed E-state index contributed by atoms with van der Waals surface area (Å²) in [6, 6.07) is 24.1. The lowest BCUT2D eigenvalue weighted by Crippen LogP contribution is -2.41. The summed E-state index contributed by atoms with van der Waals surface area (Å²) in [7, 11) is -0.845. The van der Waals surface area contributed by atoms with Gasteiger partial charge in [-0.05, 0) is 51.2 Å². The molecule has 0 aromatic heterocycles. The van der Waals surface area contributed by atoms with Crippen molar-refractivity contribution in [2.45, 2.75) is 116 Å². The fourth-order valence-corrected chi connectivity index (χ4v) is 8.69. The van der Waals surface area contributed by atoms with Gasteiger partial charge in [0, 0.05) is 24.2 Å². The Balaban J connectivity index is 1.64. The molecular weight excluding hydrogens is 435 g/mol. The van der Waals surface area contributed by atoms with Gasteiger partial charge in [0.15, 0.2) is 8.45 Å². The molecule has 5 atom stereocenters. The molecule has 0 spiro atoms. The van der Waals surface area contributed by atoms with Crippen LogP contribution in [0.15, 0.2) is 60.7 Å². The minimum Gasteiger partial charge on any atom is -0.328 e. The summed E-state index contributed by atoms with van der Waals surface area (Å²) >= 11 is 0. The first-order valence-corrected chi connectivity index (χ1v) is 14.9. The monoisotopic (exact) mass is 480 g/mol. The van der Waals surface area contributed by atoms with Crippen molar-refractivity contribution in [1.82, 2.24) is 9.34 Å². The molecule has 3 nitrogen and oxygen atoms in total. The van der Waals surface area contributed by atoms with Gasteiger partial charge in [-0.2, -0.15) is 0 Å². The van der Waals surface area contributed by atoms with Crippen molar-refractivity contribution in [2.75, 3.05) is 0 Å². The van der Waals surface area contributed by atoms with E-state index in [2.05, 4.69) is 97.7 Å². The summed E-state index contributed by atoms with van der Waals surface area (Å²) in [5.74, 6) is 0. The predicted octanol–water partition coefficient (Wildman–Crippen LogP) is 9.04. The highest BCUT2D eigenvalue weighted by Gasteiger charge is 2.53. The van der Waals surface area contributed by atoms with Crippen molar-refractivity contribution in [1.29, 1.82) is 0 Å². The fraction of sp³-hybridized carbons (Fsp3) is 0.600. The zero-order valence-corrected chi connectivity index (χ0v) is 22.7. The van der Waals surface area contributed by atoms with Gasteiger partial charge in [0.05, 0.1) is 6.10 Å². The summed E-state index contributed by atoms with van der Waals surface area (Å²) in [6.45, 7) is 9.41. The van der Waals surface area contributed by atoms with E-state index < -0.39 is 8.45 Å². The molecule has 2 aromatic carbocycles. The van der Waals surface area contributed by atoms with Crippen LogP contribution in [0.1, 0.15) is 109 Å². The minimum atomic E-state index is -0.845. The molecule has 4 rings (SSSR count). The van der Waals surface area contributed by atoms with Gasteiger partial charge in [-0.3, -0.25) is 0 Å². The predicted molar refractivity (Wildman–Crippen MR) is 146 cm³/mol. The van der Waals surface area contributed by atoms with Gasteiger partial charge < -0.3 is 4.52 Å². The molecule has 1 aliphatic heterocycles. The zero-order valence-electron chi connectivity index (χ0n) is 21.8. The summed E-state index contributed by atoms with van der Waals surface area (Å²) in [6.07, 6.45) is 11.9. The van der Waals surface area contributed by atoms with Crippen molar-refractivity contribution >= 4 is 8.45 Å². The number of hydrogen-bond acceptors (Lipinski definition) is 3. The average molecular weight is 481 g/mol. The highest BCUT2D eigenvalue weighted by atomic mass is 31.2.